The van der Waals surface area contributed by atoms with E-state index in [1.165, 1.54) is 0 Å². The lowest BCUT2D eigenvalue weighted by Crippen LogP contribution is -2.13. The molecule has 0 spiro atoms. The highest BCUT2D eigenvalue weighted by molar-refractivity contribution is 6.01. The summed E-state index contributed by atoms with van der Waals surface area (Å²) in [6, 6.07) is 15.8. The molecule has 4 rings (SSSR count). The number of ether oxygens (including phenoxy) is 1. The van der Waals surface area contributed by atoms with Gasteiger partial charge in [-0.25, -0.2) is 9.97 Å². The van der Waals surface area contributed by atoms with E-state index in [4.69, 9.17) is 10.5 Å². The second-order valence-electron chi connectivity index (χ2n) is 7.04. The largest absolute Gasteiger partial charge is 0.486 e. The molecule has 4 N–H and O–H groups in total. The van der Waals surface area contributed by atoms with Gasteiger partial charge in [-0.15, -0.1) is 0 Å². The second-order valence-corrected chi connectivity index (χ2v) is 7.04. The fourth-order valence-electron chi connectivity index (χ4n) is 2.98. The highest BCUT2D eigenvalue weighted by Crippen LogP contribution is 2.31. The van der Waals surface area contributed by atoms with Gasteiger partial charge in [-0.05, 0) is 56.1 Å². The highest BCUT2D eigenvalue weighted by Gasteiger charge is 2.14. The monoisotopic (exact) mass is 458 g/mol. The summed E-state index contributed by atoms with van der Waals surface area (Å²) in [5, 5.41) is 6.78. The van der Waals surface area contributed by atoms with E-state index >= 15 is 0 Å². The lowest BCUT2D eigenvalue weighted by atomic mass is 10.1. The van der Waals surface area contributed by atoms with Crippen molar-refractivity contribution in [3.05, 3.63) is 72.6 Å². The van der Waals surface area contributed by atoms with Gasteiger partial charge in [0.25, 0.3) is 5.91 Å². The number of carbonyl (C=O) groups is 2. The van der Waals surface area contributed by atoms with Crippen LogP contribution in [0.15, 0.2) is 67.0 Å². The topological polar surface area (TPSA) is 132 Å². The number of amides is 1. The van der Waals surface area contributed by atoms with Crippen LogP contribution in [-0.4, -0.2) is 47.3 Å². The number of hydrogen-bond donors (Lipinski definition) is 3. The van der Waals surface area contributed by atoms with E-state index in [1.807, 2.05) is 13.1 Å². The van der Waals surface area contributed by atoms with Crippen LogP contribution < -0.4 is 21.1 Å². The van der Waals surface area contributed by atoms with Crippen LogP contribution in [0.3, 0.4) is 0 Å². The molecular formula is C25H26N6O3. The van der Waals surface area contributed by atoms with Crippen molar-refractivity contribution in [1.82, 2.24) is 20.3 Å². The zero-order valence-corrected chi connectivity index (χ0v) is 19.0. The SMILES string of the molecule is CCNC.NC(=O)c1ccccc1Nc1nc(-c2cccnc2)nc2ccc(OCC=O)cc12. The number of pyridine rings is 1. The number of para-hydroxylation sites is 1. The Morgan fingerprint density at radius 3 is 2.59 bits per heavy atom. The van der Waals surface area contributed by atoms with Gasteiger partial charge in [-0.2, -0.15) is 0 Å². The number of carbonyl (C=O) groups excluding carboxylic acids is 2. The molecule has 9 nitrogen and oxygen atoms in total. The maximum atomic E-state index is 11.8. The van der Waals surface area contributed by atoms with Crippen LogP contribution >= 0.6 is 0 Å². The Morgan fingerprint density at radius 2 is 1.91 bits per heavy atom. The number of anilines is 2. The lowest BCUT2D eigenvalue weighted by molar-refractivity contribution is -0.109. The quantitative estimate of drug-likeness (QED) is 0.343. The summed E-state index contributed by atoms with van der Waals surface area (Å²) in [5.41, 5.74) is 7.75. The smallest absolute Gasteiger partial charge is 0.250 e. The first kappa shape index (κ1) is 24.3. The molecule has 0 saturated heterocycles. The first-order valence-corrected chi connectivity index (χ1v) is 10.7. The first-order chi connectivity index (χ1) is 16.6. The Balaban J connectivity index is 0.000000751. The molecule has 0 saturated carbocycles. The molecule has 174 valence electrons. The van der Waals surface area contributed by atoms with Gasteiger partial charge in [0, 0.05) is 23.3 Å². The second kappa shape index (κ2) is 12.0. The summed E-state index contributed by atoms with van der Waals surface area (Å²) in [6.07, 6.45) is 4.02. The molecule has 2 aromatic carbocycles. The van der Waals surface area contributed by atoms with E-state index in [2.05, 4.69) is 32.5 Å². The van der Waals surface area contributed by atoms with Crippen molar-refractivity contribution in [1.29, 1.82) is 0 Å². The Labute approximate surface area is 197 Å². The van der Waals surface area contributed by atoms with Crippen LogP contribution in [0.5, 0.6) is 5.75 Å². The van der Waals surface area contributed by atoms with Crippen molar-refractivity contribution in [2.45, 2.75) is 6.92 Å². The third-order valence-corrected chi connectivity index (χ3v) is 4.70. The number of aromatic nitrogens is 3. The molecule has 0 bridgehead atoms. The van der Waals surface area contributed by atoms with E-state index in [1.54, 1.807) is 60.9 Å². The maximum Gasteiger partial charge on any atom is 0.250 e. The number of primary amides is 1. The maximum absolute atomic E-state index is 11.8. The molecule has 0 atom stereocenters. The van der Waals surface area contributed by atoms with E-state index in [-0.39, 0.29) is 6.61 Å². The molecule has 9 heteroatoms. The van der Waals surface area contributed by atoms with Crippen molar-refractivity contribution >= 4 is 34.6 Å². The van der Waals surface area contributed by atoms with E-state index in [0.717, 1.165) is 12.1 Å². The van der Waals surface area contributed by atoms with Crippen LogP contribution in [0.2, 0.25) is 0 Å². The summed E-state index contributed by atoms with van der Waals surface area (Å²) in [4.78, 5) is 35.9. The molecule has 0 fully saturated rings. The van der Waals surface area contributed by atoms with Gasteiger partial charge in [-0.3, -0.25) is 14.6 Å². The Morgan fingerprint density at radius 1 is 1.12 bits per heavy atom. The number of nitrogens with zero attached hydrogens (tertiary/aromatic N) is 3. The van der Waals surface area contributed by atoms with Crippen LogP contribution in [0.1, 0.15) is 17.3 Å². The highest BCUT2D eigenvalue weighted by atomic mass is 16.5. The average Bonchev–Trinajstić information content (AvgIpc) is 2.88. The van der Waals surface area contributed by atoms with Gasteiger partial charge in [-0.1, -0.05) is 19.1 Å². The van der Waals surface area contributed by atoms with Gasteiger partial charge < -0.3 is 21.1 Å². The van der Waals surface area contributed by atoms with Crippen molar-refractivity contribution < 1.29 is 14.3 Å². The number of nitrogens with two attached hydrogens (primary N) is 1. The van der Waals surface area contributed by atoms with Gasteiger partial charge >= 0.3 is 0 Å². The first-order valence-electron chi connectivity index (χ1n) is 10.7. The third kappa shape index (κ3) is 6.11. The van der Waals surface area contributed by atoms with Gasteiger partial charge in [0.2, 0.25) is 0 Å². The van der Waals surface area contributed by atoms with Gasteiger partial charge in [0.1, 0.15) is 18.2 Å². The molecule has 0 radical (unpaired) electrons. The number of hydrogen-bond acceptors (Lipinski definition) is 8. The summed E-state index contributed by atoms with van der Waals surface area (Å²) in [5.74, 6) is 0.873. The molecule has 1 amide bonds. The zero-order valence-electron chi connectivity index (χ0n) is 19.0. The Kier molecular flexibility index (Phi) is 8.59. The van der Waals surface area contributed by atoms with Crippen molar-refractivity contribution in [3.63, 3.8) is 0 Å². The van der Waals surface area contributed by atoms with Crippen molar-refractivity contribution in [2.75, 3.05) is 25.5 Å². The molecular weight excluding hydrogens is 432 g/mol. The Bertz CT molecular complexity index is 1260. The summed E-state index contributed by atoms with van der Waals surface area (Å²) in [7, 11) is 1.93. The number of fused-ring (bicyclic) bond motifs is 1. The fourth-order valence-corrected chi connectivity index (χ4v) is 2.98. The third-order valence-electron chi connectivity index (χ3n) is 4.70. The summed E-state index contributed by atoms with van der Waals surface area (Å²) >= 11 is 0. The standard InChI is InChI=1S/C22H17N5O3.C3H9N/c23-20(29)16-5-1-2-6-18(16)26-22-17-12-15(30-11-10-28)7-8-19(17)25-21(27-22)14-4-3-9-24-13-14;1-3-4-2/h1-10,12-13H,11H2,(H2,23,29)(H,25,26,27);4H,3H2,1-2H3. The Hall–Kier alpha value is -4.37. The van der Waals surface area contributed by atoms with E-state index < -0.39 is 5.91 Å². The molecule has 0 aliphatic carbocycles. The number of aldehydes is 1. The van der Waals surface area contributed by atoms with Crippen LogP contribution in [0, 0.1) is 0 Å². The molecule has 4 aromatic rings. The van der Waals surface area contributed by atoms with E-state index in [9.17, 15) is 9.59 Å². The predicted molar refractivity (Wildman–Crippen MR) is 132 cm³/mol. The molecule has 0 unspecified atom stereocenters. The minimum atomic E-state index is -0.557. The molecule has 2 aromatic heterocycles. The number of rotatable bonds is 8. The van der Waals surface area contributed by atoms with Crippen LogP contribution in [0.25, 0.3) is 22.3 Å². The summed E-state index contributed by atoms with van der Waals surface area (Å²) in [6.45, 7) is 3.08. The lowest BCUT2D eigenvalue weighted by Gasteiger charge is -2.14. The average molecular weight is 459 g/mol. The van der Waals surface area contributed by atoms with E-state index in [0.29, 0.717) is 45.8 Å². The van der Waals surface area contributed by atoms with Gasteiger partial charge in [0.15, 0.2) is 12.1 Å². The van der Waals surface area contributed by atoms with Crippen molar-refractivity contribution in [2.24, 2.45) is 5.73 Å². The number of benzene rings is 2. The minimum Gasteiger partial charge on any atom is -0.486 e. The normalized spacial score (nSPS) is 10.2. The molecule has 2 heterocycles. The molecule has 0 aliphatic heterocycles. The summed E-state index contributed by atoms with van der Waals surface area (Å²) < 4.78 is 5.41. The van der Waals surface area contributed by atoms with Crippen LogP contribution in [0.4, 0.5) is 11.5 Å². The predicted octanol–water partition coefficient (Wildman–Crippen LogP) is 3.34. The molecule has 34 heavy (non-hydrogen) atoms. The zero-order chi connectivity index (χ0) is 24.3. The molecule has 0 aliphatic rings. The minimum absolute atomic E-state index is 0.0621. The van der Waals surface area contributed by atoms with Crippen molar-refractivity contribution in [3.8, 4) is 17.1 Å². The fraction of sp³-hybridized carbons (Fsp3) is 0.160. The number of nitrogens with one attached hydrogen (secondary N) is 2. The van der Waals surface area contributed by atoms with Gasteiger partial charge in [0.05, 0.1) is 16.8 Å². The van der Waals surface area contributed by atoms with Crippen LogP contribution in [-0.2, 0) is 4.79 Å².